The Morgan fingerprint density at radius 1 is 1.12 bits per heavy atom. The predicted octanol–water partition coefficient (Wildman–Crippen LogP) is 4.45. The highest BCUT2D eigenvalue weighted by atomic mass is 79.9. The Morgan fingerprint density at radius 2 is 1.88 bits per heavy atom. The molecule has 1 aromatic rings. The molecule has 0 fully saturated rings. The van der Waals surface area contributed by atoms with Gasteiger partial charge in [0.05, 0.1) is 0 Å². The normalized spacial score (nSPS) is 10.8. The maximum Gasteiger partial charge on any atom is 0.0210 e. The van der Waals surface area contributed by atoms with Gasteiger partial charge in [0.15, 0.2) is 0 Å². The number of benzene rings is 1. The molecule has 0 saturated heterocycles. The molecule has 1 rings (SSSR count). The lowest BCUT2D eigenvalue weighted by Gasteiger charge is -2.08. The largest absolute Gasteiger partial charge is 0.317 e. The van der Waals surface area contributed by atoms with E-state index in [4.69, 9.17) is 0 Å². The molecule has 90 valence electrons. The molecule has 0 aliphatic rings. The standard InChI is InChI=1S/C13H19Br2N/c1-3-16-7-5-4-6-11-9-12(14)10(2)8-13(11)15/h8-9,16H,3-7H2,1-2H3. The van der Waals surface area contributed by atoms with Gasteiger partial charge in [-0.3, -0.25) is 0 Å². The molecule has 0 bridgehead atoms. The zero-order valence-corrected chi connectivity index (χ0v) is 13.1. The van der Waals surface area contributed by atoms with Crippen molar-refractivity contribution in [3.8, 4) is 0 Å². The number of aryl methyl sites for hydroxylation is 2. The van der Waals surface area contributed by atoms with Gasteiger partial charge in [-0.15, -0.1) is 0 Å². The second-order valence-electron chi connectivity index (χ2n) is 4.00. The minimum absolute atomic E-state index is 1.07. The smallest absolute Gasteiger partial charge is 0.0210 e. The van der Waals surface area contributed by atoms with Crippen LogP contribution in [0.5, 0.6) is 0 Å². The van der Waals surface area contributed by atoms with E-state index in [2.05, 4.69) is 63.2 Å². The summed E-state index contributed by atoms with van der Waals surface area (Å²) in [5, 5.41) is 3.35. The van der Waals surface area contributed by atoms with Gasteiger partial charge in [-0.25, -0.2) is 0 Å². The van der Waals surface area contributed by atoms with E-state index in [1.165, 1.54) is 32.9 Å². The van der Waals surface area contributed by atoms with Gasteiger partial charge in [-0.2, -0.15) is 0 Å². The molecule has 0 unspecified atom stereocenters. The van der Waals surface area contributed by atoms with Crippen LogP contribution in [0.4, 0.5) is 0 Å². The molecule has 0 aromatic heterocycles. The number of hydrogen-bond donors (Lipinski definition) is 1. The zero-order chi connectivity index (χ0) is 12.0. The SMILES string of the molecule is CCNCCCCc1cc(Br)c(C)cc1Br. The van der Waals surface area contributed by atoms with Gasteiger partial charge in [0, 0.05) is 8.95 Å². The van der Waals surface area contributed by atoms with Crippen molar-refractivity contribution < 1.29 is 0 Å². The van der Waals surface area contributed by atoms with Crippen LogP contribution in [0.2, 0.25) is 0 Å². The highest BCUT2D eigenvalue weighted by Crippen LogP contribution is 2.26. The molecule has 0 heterocycles. The summed E-state index contributed by atoms with van der Waals surface area (Å²) in [6.07, 6.45) is 3.62. The van der Waals surface area contributed by atoms with Crippen LogP contribution >= 0.6 is 31.9 Å². The van der Waals surface area contributed by atoms with Crippen molar-refractivity contribution in [1.29, 1.82) is 0 Å². The molecule has 1 aromatic carbocycles. The van der Waals surface area contributed by atoms with Gasteiger partial charge in [-0.05, 0) is 62.5 Å². The minimum Gasteiger partial charge on any atom is -0.317 e. The van der Waals surface area contributed by atoms with Crippen LogP contribution < -0.4 is 5.32 Å². The molecule has 0 amide bonds. The molecule has 16 heavy (non-hydrogen) atoms. The van der Waals surface area contributed by atoms with Crippen molar-refractivity contribution in [1.82, 2.24) is 5.32 Å². The Bertz CT molecular complexity index is 337. The van der Waals surface area contributed by atoms with Gasteiger partial charge in [0.25, 0.3) is 0 Å². The highest BCUT2D eigenvalue weighted by Gasteiger charge is 2.03. The number of rotatable bonds is 6. The Labute approximate surface area is 115 Å². The van der Waals surface area contributed by atoms with Crippen LogP contribution in [0, 0.1) is 6.92 Å². The lowest BCUT2D eigenvalue weighted by molar-refractivity contribution is 0.640. The van der Waals surface area contributed by atoms with Crippen molar-refractivity contribution >= 4 is 31.9 Å². The summed E-state index contributed by atoms with van der Waals surface area (Å²) in [6.45, 7) is 6.46. The molecular weight excluding hydrogens is 330 g/mol. The molecule has 0 aliphatic carbocycles. The second kappa shape index (κ2) is 7.46. The summed E-state index contributed by atoms with van der Waals surface area (Å²) >= 11 is 7.21. The molecule has 0 spiro atoms. The first-order valence-corrected chi connectivity index (χ1v) is 7.39. The molecule has 1 nitrogen and oxygen atoms in total. The molecule has 0 radical (unpaired) electrons. The monoisotopic (exact) mass is 347 g/mol. The Balaban J connectivity index is 2.45. The zero-order valence-electron chi connectivity index (χ0n) is 9.95. The van der Waals surface area contributed by atoms with E-state index in [-0.39, 0.29) is 0 Å². The molecular formula is C13H19Br2N. The average molecular weight is 349 g/mol. The first-order chi connectivity index (χ1) is 7.65. The lowest BCUT2D eigenvalue weighted by Crippen LogP contribution is -2.13. The first kappa shape index (κ1) is 14.2. The Kier molecular flexibility index (Phi) is 6.62. The fourth-order valence-corrected chi connectivity index (χ4v) is 2.67. The summed E-state index contributed by atoms with van der Waals surface area (Å²) in [7, 11) is 0. The number of halogens is 2. The fraction of sp³-hybridized carbons (Fsp3) is 0.538. The van der Waals surface area contributed by atoms with Crippen molar-refractivity contribution in [2.75, 3.05) is 13.1 Å². The highest BCUT2D eigenvalue weighted by molar-refractivity contribution is 9.11. The maximum absolute atomic E-state index is 3.63. The number of unbranched alkanes of at least 4 members (excludes halogenated alkanes) is 1. The van der Waals surface area contributed by atoms with E-state index < -0.39 is 0 Å². The Hall–Kier alpha value is 0.140. The van der Waals surface area contributed by atoms with Gasteiger partial charge >= 0.3 is 0 Å². The van der Waals surface area contributed by atoms with E-state index in [1.807, 2.05) is 0 Å². The molecule has 1 N–H and O–H groups in total. The summed E-state index contributed by atoms with van der Waals surface area (Å²) in [4.78, 5) is 0. The minimum atomic E-state index is 1.07. The summed E-state index contributed by atoms with van der Waals surface area (Å²) in [5.74, 6) is 0. The van der Waals surface area contributed by atoms with Crippen molar-refractivity contribution in [2.24, 2.45) is 0 Å². The third-order valence-corrected chi connectivity index (χ3v) is 4.22. The summed E-state index contributed by atoms with van der Waals surface area (Å²) in [6, 6.07) is 4.41. The van der Waals surface area contributed by atoms with Crippen LogP contribution in [0.25, 0.3) is 0 Å². The predicted molar refractivity (Wildman–Crippen MR) is 78.1 cm³/mol. The topological polar surface area (TPSA) is 12.0 Å². The van der Waals surface area contributed by atoms with Crippen LogP contribution in [-0.2, 0) is 6.42 Å². The molecule has 0 atom stereocenters. The molecule has 0 saturated carbocycles. The quantitative estimate of drug-likeness (QED) is 0.749. The third-order valence-electron chi connectivity index (χ3n) is 2.63. The van der Waals surface area contributed by atoms with Crippen LogP contribution in [0.1, 0.15) is 30.9 Å². The van der Waals surface area contributed by atoms with Crippen molar-refractivity contribution in [3.05, 3.63) is 32.2 Å². The molecule has 0 aliphatic heterocycles. The average Bonchev–Trinajstić information content (AvgIpc) is 2.25. The van der Waals surface area contributed by atoms with E-state index in [9.17, 15) is 0 Å². The number of hydrogen-bond acceptors (Lipinski definition) is 1. The van der Waals surface area contributed by atoms with Crippen LogP contribution in [-0.4, -0.2) is 13.1 Å². The number of nitrogens with one attached hydrogen (secondary N) is 1. The van der Waals surface area contributed by atoms with E-state index in [1.54, 1.807) is 0 Å². The maximum atomic E-state index is 3.63. The van der Waals surface area contributed by atoms with Crippen molar-refractivity contribution in [3.63, 3.8) is 0 Å². The molecule has 3 heteroatoms. The summed E-state index contributed by atoms with van der Waals surface area (Å²) < 4.78 is 2.44. The van der Waals surface area contributed by atoms with Gasteiger partial charge in [-0.1, -0.05) is 38.8 Å². The van der Waals surface area contributed by atoms with Crippen LogP contribution in [0.3, 0.4) is 0 Å². The van der Waals surface area contributed by atoms with Crippen LogP contribution in [0.15, 0.2) is 21.1 Å². The van der Waals surface area contributed by atoms with Crippen molar-refractivity contribution in [2.45, 2.75) is 33.1 Å². The fourth-order valence-electron chi connectivity index (χ4n) is 1.62. The van der Waals surface area contributed by atoms with E-state index in [0.29, 0.717) is 0 Å². The second-order valence-corrected chi connectivity index (χ2v) is 5.71. The van der Waals surface area contributed by atoms with Gasteiger partial charge < -0.3 is 5.32 Å². The lowest BCUT2D eigenvalue weighted by atomic mass is 10.1. The summed E-state index contributed by atoms with van der Waals surface area (Å²) in [5.41, 5.74) is 2.68. The Morgan fingerprint density at radius 3 is 2.56 bits per heavy atom. The van der Waals surface area contributed by atoms with E-state index in [0.717, 1.165) is 19.5 Å². The third kappa shape index (κ3) is 4.56. The van der Waals surface area contributed by atoms with Gasteiger partial charge in [0.1, 0.15) is 0 Å². The van der Waals surface area contributed by atoms with E-state index >= 15 is 0 Å². The van der Waals surface area contributed by atoms with Gasteiger partial charge in [0.2, 0.25) is 0 Å². The first-order valence-electron chi connectivity index (χ1n) is 5.80.